The summed E-state index contributed by atoms with van der Waals surface area (Å²) in [6.45, 7) is 3.48. The van der Waals surface area contributed by atoms with Crippen LogP contribution >= 0.6 is 24.0 Å². The van der Waals surface area contributed by atoms with Crippen LogP contribution < -0.4 is 5.32 Å². The topological polar surface area (TPSA) is 97.1 Å². The number of para-hydroxylation sites is 1. The number of rotatable bonds is 4. The monoisotopic (exact) mass is 462 g/mol. The van der Waals surface area contributed by atoms with E-state index in [0.717, 1.165) is 0 Å². The molecule has 2 atom stereocenters. The summed E-state index contributed by atoms with van der Waals surface area (Å²) in [5, 5.41) is 14.2. The molecule has 0 spiro atoms. The molecule has 1 aliphatic heterocycles. The maximum absolute atomic E-state index is 11.8. The number of carbonyl (C=O) groups excluding carboxylic acids is 1. The summed E-state index contributed by atoms with van der Waals surface area (Å²) in [5.41, 5.74) is 0.656. The van der Waals surface area contributed by atoms with E-state index in [1.807, 2.05) is 11.8 Å². The van der Waals surface area contributed by atoms with E-state index in [1.165, 1.54) is 13.2 Å². The van der Waals surface area contributed by atoms with E-state index in [2.05, 4.69) is 10.3 Å². The number of guanidine groups is 1. The molecule has 0 aromatic heterocycles. The van der Waals surface area contributed by atoms with Crippen LogP contribution in [0.25, 0.3) is 0 Å². The first-order valence-corrected chi connectivity index (χ1v) is 7.73. The van der Waals surface area contributed by atoms with Crippen molar-refractivity contribution in [2.24, 2.45) is 16.8 Å². The quantitative estimate of drug-likeness (QED) is 0.184. The third-order valence-corrected chi connectivity index (χ3v) is 4.25. The zero-order valence-corrected chi connectivity index (χ0v) is 16.8. The molecule has 25 heavy (non-hydrogen) atoms. The number of nitrogens with zero attached hydrogens (tertiary/aromatic N) is 3. The lowest BCUT2D eigenvalue weighted by Crippen LogP contribution is -2.40. The largest absolute Gasteiger partial charge is 0.469 e. The fourth-order valence-corrected chi connectivity index (χ4v) is 2.94. The minimum absolute atomic E-state index is 0. The Morgan fingerprint density at radius 3 is 2.72 bits per heavy atom. The predicted molar refractivity (Wildman–Crippen MR) is 105 cm³/mol. The van der Waals surface area contributed by atoms with Gasteiger partial charge in [-0.3, -0.25) is 19.9 Å². The average Bonchev–Trinajstić information content (AvgIpc) is 2.96. The normalized spacial score (nSPS) is 20.0. The molecule has 0 amide bonds. The van der Waals surface area contributed by atoms with Gasteiger partial charge in [-0.15, -0.1) is 24.0 Å². The van der Waals surface area contributed by atoms with Gasteiger partial charge in [-0.1, -0.05) is 25.1 Å². The number of carbonyl (C=O) groups is 1. The summed E-state index contributed by atoms with van der Waals surface area (Å²) in [5.74, 6) is 0.354. The molecule has 2 rings (SSSR count). The van der Waals surface area contributed by atoms with Crippen molar-refractivity contribution < 1.29 is 14.5 Å². The van der Waals surface area contributed by atoms with Crippen molar-refractivity contribution in [2.75, 3.05) is 27.2 Å². The van der Waals surface area contributed by atoms with Crippen LogP contribution in [0.5, 0.6) is 0 Å². The van der Waals surface area contributed by atoms with Crippen LogP contribution in [0.4, 0.5) is 5.69 Å². The number of esters is 1. The van der Waals surface area contributed by atoms with E-state index in [9.17, 15) is 14.9 Å². The highest BCUT2D eigenvalue weighted by atomic mass is 127. The molecule has 8 nitrogen and oxygen atoms in total. The van der Waals surface area contributed by atoms with Gasteiger partial charge in [0.25, 0.3) is 5.69 Å². The number of ether oxygens (including phenoxy) is 1. The van der Waals surface area contributed by atoms with E-state index in [4.69, 9.17) is 4.74 Å². The van der Waals surface area contributed by atoms with E-state index < -0.39 is 4.92 Å². The Kier molecular flexibility index (Phi) is 8.07. The molecule has 0 aliphatic carbocycles. The van der Waals surface area contributed by atoms with Crippen molar-refractivity contribution in [3.8, 4) is 0 Å². The first-order valence-electron chi connectivity index (χ1n) is 7.73. The second-order valence-corrected chi connectivity index (χ2v) is 5.80. The lowest BCUT2D eigenvalue weighted by atomic mass is 9.99. The van der Waals surface area contributed by atoms with Crippen molar-refractivity contribution in [3.05, 3.63) is 39.9 Å². The number of methoxy groups -OCH3 is 1. The van der Waals surface area contributed by atoms with Crippen LogP contribution in [0.15, 0.2) is 29.3 Å². The van der Waals surface area contributed by atoms with Gasteiger partial charge >= 0.3 is 5.97 Å². The third kappa shape index (κ3) is 5.03. The fourth-order valence-electron chi connectivity index (χ4n) is 2.94. The Balaban J connectivity index is 0.00000312. The van der Waals surface area contributed by atoms with Gasteiger partial charge in [0.1, 0.15) is 0 Å². The summed E-state index contributed by atoms with van der Waals surface area (Å²) >= 11 is 0. The summed E-state index contributed by atoms with van der Waals surface area (Å²) in [4.78, 5) is 28.7. The number of nitrogens with one attached hydrogen (secondary N) is 1. The maximum atomic E-state index is 11.8. The highest BCUT2D eigenvalue weighted by Gasteiger charge is 2.36. The number of nitro groups is 1. The van der Waals surface area contributed by atoms with Crippen molar-refractivity contribution in [1.29, 1.82) is 0 Å². The average molecular weight is 462 g/mol. The molecule has 1 saturated heterocycles. The first kappa shape index (κ1) is 21.1. The van der Waals surface area contributed by atoms with Crippen molar-refractivity contribution >= 4 is 41.6 Å². The molecule has 1 aromatic rings. The predicted octanol–water partition coefficient (Wildman–Crippen LogP) is 2.03. The van der Waals surface area contributed by atoms with Gasteiger partial charge < -0.3 is 15.0 Å². The molecular formula is C16H23IN4O4. The molecular weight excluding hydrogens is 439 g/mol. The Morgan fingerprint density at radius 1 is 1.44 bits per heavy atom. The molecule has 0 saturated carbocycles. The van der Waals surface area contributed by atoms with Crippen molar-refractivity contribution in [1.82, 2.24) is 10.2 Å². The first-order chi connectivity index (χ1) is 11.5. The van der Waals surface area contributed by atoms with E-state index >= 15 is 0 Å². The number of likely N-dealkylation sites (tertiary alicyclic amines) is 1. The van der Waals surface area contributed by atoms with Crippen LogP contribution in [-0.4, -0.2) is 49.0 Å². The summed E-state index contributed by atoms with van der Waals surface area (Å²) < 4.78 is 4.84. The van der Waals surface area contributed by atoms with E-state index in [-0.39, 0.29) is 54.0 Å². The highest BCUT2D eigenvalue weighted by Crippen LogP contribution is 2.24. The summed E-state index contributed by atoms with van der Waals surface area (Å²) in [6, 6.07) is 6.59. The Hall–Kier alpha value is -1.91. The molecule has 9 heteroatoms. The SMILES string of the molecule is CN=C(NCc1ccccc1[N+](=O)[O-])N1CC(C)C(C(=O)OC)C1.I. The number of aliphatic imine (C=N–C) groups is 1. The number of benzene rings is 1. The zero-order valence-electron chi connectivity index (χ0n) is 14.5. The molecule has 138 valence electrons. The molecule has 1 aromatic carbocycles. The van der Waals surface area contributed by atoms with Gasteiger partial charge in [-0.2, -0.15) is 0 Å². The number of hydrogen-bond acceptors (Lipinski definition) is 5. The minimum Gasteiger partial charge on any atom is -0.469 e. The van der Waals surface area contributed by atoms with Crippen LogP contribution in [0.1, 0.15) is 12.5 Å². The lowest BCUT2D eigenvalue weighted by Gasteiger charge is -2.21. The minimum atomic E-state index is -0.398. The van der Waals surface area contributed by atoms with E-state index in [1.54, 1.807) is 25.2 Å². The van der Waals surface area contributed by atoms with Crippen molar-refractivity contribution in [3.63, 3.8) is 0 Å². The Labute approximate surface area is 163 Å². The zero-order chi connectivity index (χ0) is 17.7. The molecule has 0 bridgehead atoms. The molecule has 1 aliphatic rings. The lowest BCUT2D eigenvalue weighted by molar-refractivity contribution is -0.385. The van der Waals surface area contributed by atoms with Gasteiger partial charge in [-0.25, -0.2) is 0 Å². The molecule has 0 radical (unpaired) electrons. The smallest absolute Gasteiger partial charge is 0.310 e. The summed E-state index contributed by atoms with van der Waals surface area (Å²) in [7, 11) is 3.04. The second-order valence-electron chi connectivity index (χ2n) is 5.80. The molecule has 1 fully saturated rings. The van der Waals surface area contributed by atoms with Crippen molar-refractivity contribution in [2.45, 2.75) is 13.5 Å². The van der Waals surface area contributed by atoms with Crippen LogP contribution in [0, 0.1) is 22.0 Å². The van der Waals surface area contributed by atoms with Crippen LogP contribution in [-0.2, 0) is 16.1 Å². The molecule has 1 N–H and O–H groups in total. The number of hydrogen-bond donors (Lipinski definition) is 1. The highest BCUT2D eigenvalue weighted by molar-refractivity contribution is 14.0. The number of nitro benzene ring substituents is 1. The van der Waals surface area contributed by atoms with Crippen LogP contribution in [0.3, 0.4) is 0 Å². The standard InChI is InChI=1S/C16H22N4O4.HI/c1-11-9-19(10-13(11)15(21)24-3)16(17-2)18-8-12-6-4-5-7-14(12)20(22)23;/h4-7,11,13H,8-10H2,1-3H3,(H,17,18);1H. The van der Waals surface area contributed by atoms with E-state index in [0.29, 0.717) is 24.6 Å². The Morgan fingerprint density at radius 2 is 2.12 bits per heavy atom. The van der Waals surface area contributed by atoms with Crippen LogP contribution in [0.2, 0.25) is 0 Å². The van der Waals surface area contributed by atoms with Gasteiger partial charge in [0.05, 0.1) is 18.0 Å². The van der Waals surface area contributed by atoms with Gasteiger partial charge in [0.15, 0.2) is 5.96 Å². The van der Waals surface area contributed by atoms with Gasteiger partial charge in [0.2, 0.25) is 0 Å². The van der Waals surface area contributed by atoms with Gasteiger partial charge in [0, 0.05) is 38.3 Å². The van der Waals surface area contributed by atoms with Gasteiger partial charge in [-0.05, 0) is 5.92 Å². The maximum Gasteiger partial charge on any atom is 0.310 e. The second kappa shape index (κ2) is 9.54. The Bertz CT molecular complexity index is 653. The fraction of sp³-hybridized carbons (Fsp3) is 0.500. The molecule has 1 heterocycles. The number of halogens is 1. The summed E-state index contributed by atoms with van der Waals surface area (Å²) in [6.07, 6.45) is 0. The third-order valence-electron chi connectivity index (χ3n) is 4.25. The molecule has 2 unspecified atom stereocenters.